The minimum Gasteiger partial charge on any atom is -0.370 e. The van der Waals surface area contributed by atoms with Crippen molar-refractivity contribution in [2.24, 2.45) is 0 Å². The van der Waals surface area contributed by atoms with Crippen molar-refractivity contribution in [2.45, 2.75) is 49.1 Å². The Balaban J connectivity index is 0.00000220. The number of nitrogens with zero attached hydrogens (tertiary/aromatic N) is 4. The summed E-state index contributed by atoms with van der Waals surface area (Å²) in [5.74, 6) is -0.0182. The fourth-order valence-corrected chi connectivity index (χ4v) is 8.52. The summed E-state index contributed by atoms with van der Waals surface area (Å²) in [6, 6.07) is 11.2. The Morgan fingerprint density at radius 1 is 0.925 bits per heavy atom. The molecule has 8 nitrogen and oxygen atoms in total. The largest absolute Gasteiger partial charge is 0.370 e. The van der Waals surface area contributed by atoms with Crippen molar-refractivity contribution in [1.82, 2.24) is 19.0 Å². The first-order valence-electron chi connectivity index (χ1n) is 13.8. The number of piperidine rings is 2. The van der Waals surface area contributed by atoms with Crippen LogP contribution in [0.15, 0.2) is 41.3 Å². The summed E-state index contributed by atoms with van der Waals surface area (Å²) in [7, 11) is -1.67. The van der Waals surface area contributed by atoms with Crippen LogP contribution in [0.1, 0.15) is 32.1 Å². The van der Waals surface area contributed by atoms with E-state index in [2.05, 4.69) is 16.8 Å². The molecule has 0 N–H and O–H groups in total. The number of carbonyl (C=O) groups is 1. The van der Waals surface area contributed by atoms with Crippen LogP contribution in [0.2, 0.25) is 5.02 Å². The van der Waals surface area contributed by atoms with Gasteiger partial charge in [-0.05, 0) is 57.3 Å². The SMILES string of the molecule is CN1CCC(N2CCN(C(=O)COCC3CCCCN3S(=O)(=O)c3c(Cl)ccc4ccccc34)CC2)CC1.Cl.Cl. The zero-order chi connectivity index (χ0) is 26.7. The zero-order valence-electron chi connectivity index (χ0n) is 23.0. The van der Waals surface area contributed by atoms with Crippen molar-refractivity contribution in [3.63, 3.8) is 0 Å². The maximum Gasteiger partial charge on any atom is 0.248 e. The minimum atomic E-state index is -3.84. The topological polar surface area (TPSA) is 73.4 Å². The average molecular weight is 636 g/mol. The van der Waals surface area contributed by atoms with E-state index in [9.17, 15) is 13.2 Å². The Labute approximate surface area is 255 Å². The summed E-state index contributed by atoms with van der Waals surface area (Å²) < 4.78 is 35.1. The van der Waals surface area contributed by atoms with Gasteiger partial charge >= 0.3 is 0 Å². The van der Waals surface area contributed by atoms with Crippen molar-refractivity contribution in [2.75, 3.05) is 66.1 Å². The number of likely N-dealkylation sites (tertiary alicyclic amines) is 1. The highest BCUT2D eigenvalue weighted by molar-refractivity contribution is 7.89. The third kappa shape index (κ3) is 7.42. The van der Waals surface area contributed by atoms with Crippen molar-refractivity contribution in [3.8, 4) is 0 Å². The van der Waals surface area contributed by atoms with Crippen LogP contribution in [0.4, 0.5) is 0 Å². The van der Waals surface area contributed by atoms with Crippen molar-refractivity contribution in [1.29, 1.82) is 0 Å². The summed E-state index contributed by atoms with van der Waals surface area (Å²) in [5.41, 5.74) is 0. The molecule has 2 aromatic carbocycles. The number of hydrogen-bond acceptors (Lipinski definition) is 6. The summed E-state index contributed by atoms with van der Waals surface area (Å²) >= 11 is 6.46. The number of sulfonamides is 1. The fraction of sp³-hybridized carbons (Fsp3) is 0.607. The second-order valence-electron chi connectivity index (χ2n) is 10.8. The smallest absolute Gasteiger partial charge is 0.248 e. The van der Waals surface area contributed by atoms with Crippen LogP contribution in [-0.2, 0) is 19.6 Å². The number of piperazine rings is 1. The van der Waals surface area contributed by atoms with Gasteiger partial charge in [0.2, 0.25) is 15.9 Å². The van der Waals surface area contributed by atoms with E-state index in [4.69, 9.17) is 16.3 Å². The Morgan fingerprint density at radius 3 is 2.35 bits per heavy atom. The van der Waals surface area contributed by atoms with E-state index in [1.54, 1.807) is 12.1 Å². The van der Waals surface area contributed by atoms with Crippen LogP contribution in [0, 0.1) is 0 Å². The lowest BCUT2D eigenvalue weighted by Gasteiger charge is -2.42. The minimum absolute atomic E-state index is 0. The molecule has 0 radical (unpaired) electrons. The first-order chi connectivity index (χ1) is 18.3. The lowest BCUT2D eigenvalue weighted by atomic mass is 10.0. The molecular formula is C28H41Cl3N4O4S. The summed E-state index contributed by atoms with van der Waals surface area (Å²) in [5, 5.41) is 1.69. The van der Waals surface area contributed by atoms with E-state index in [0.717, 1.165) is 57.5 Å². The van der Waals surface area contributed by atoms with Crippen molar-refractivity contribution in [3.05, 3.63) is 41.4 Å². The van der Waals surface area contributed by atoms with Gasteiger partial charge in [-0.3, -0.25) is 9.69 Å². The monoisotopic (exact) mass is 634 g/mol. The van der Waals surface area contributed by atoms with E-state index in [-0.39, 0.29) is 59.9 Å². The maximum absolute atomic E-state index is 13.9. The van der Waals surface area contributed by atoms with Gasteiger partial charge in [0.25, 0.3) is 0 Å². The van der Waals surface area contributed by atoms with Gasteiger partial charge in [-0.1, -0.05) is 48.4 Å². The highest BCUT2D eigenvalue weighted by atomic mass is 35.5. The molecule has 2 aromatic rings. The van der Waals surface area contributed by atoms with Gasteiger partial charge in [-0.15, -0.1) is 24.8 Å². The Hall–Kier alpha value is -1.17. The van der Waals surface area contributed by atoms with Crippen LogP contribution >= 0.6 is 36.4 Å². The molecule has 1 atom stereocenters. The molecule has 3 saturated heterocycles. The van der Waals surface area contributed by atoms with Gasteiger partial charge in [0.1, 0.15) is 11.5 Å². The quantitative estimate of drug-likeness (QED) is 0.456. The third-order valence-corrected chi connectivity index (χ3v) is 10.9. The number of amides is 1. The van der Waals surface area contributed by atoms with Crippen LogP contribution in [0.5, 0.6) is 0 Å². The molecule has 0 bridgehead atoms. The molecule has 3 aliphatic rings. The van der Waals surface area contributed by atoms with Gasteiger partial charge in [-0.25, -0.2) is 8.42 Å². The molecular weight excluding hydrogens is 595 g/mol. The molecule has 0 saturated carbocycles. The molecule has 12 heteroatoms. The molecule has 40 heavy (non-hydrogen) atoms. The van der Waals surface area contributed by atoms with Gasteiger partial charge in [-0.2, -0.15) is 4.31 Å². The molecule has 3 heterocycles. The van der Waals surface area contributed by atoms with E-state index in [1.807, 2.05) is 29.2 Å². The van der Waals surface area contributed by atoms with Crippen LogP contribution in [0.25, 0.3) is 10.8 Å². The Kier molecular flexibility index (Phi) is 12.4. The lowest BCUT2D eigenvalue weighted by Crippen LogP contribution is -2.54. The molecule has 0 aliphatic carbocycles. The number of ether oxygens (including phenoxy) is 1. The second kappa shape index (κ2) is 14.8. The van der Waals surface area contributed by atoms with Gasteiger partial charge < -0.3 is 14.5 Å². The number of fused-ring (bicyclic) bond motifs is 1. The number of rotatable bonds is 7. The highest BCUT2D eigenvalue weighted by Crippen LogP contribution is 2.35. The highest BCUT2D eigenvalue weighted by Gasteiger charge is 2.36. The number of carbonyl (C=O) groups excluding carboxylic acids is 1. The average Bonchev–Trinajstić information content (AvgIpc) is 2.93. The molecule has 3 fully saturated rings. The van der Waals surface area contributed by atoms with Crippen molar-refractivity contribution >= 4 is 63.1 Å². The van der Waals surface area contributed by atoms with Gasteiger partial charge in [0.05, 0.1) is 11.6 Å². The van der Waals surface area contributed by atoms with E-state index in [0.29, 0.717) is 24.4 Å². The second-order valence-corrected chi connectivity index (χ2v) is 13.1. The van der Waals surface area contributed by atoms with E-state index in [1.165, 1.54) is 17.1 Å². The van der Waals surface area contributed by atoms with E-state index >= 15 is 0 Å². The predicted octanol–water partition coefficient (Wildman–Crippen LogP) is 4.14. The Morgan fingerprint density at radius 2 is 1.62 bits per heavy atom. The summed E-state index contributed by atoms with van der Waals surface area (Å²) in [6.45, 7) is 6.12. The van der Waals surface area contributed by atoms with Crippen molar-refractivity contribution < 1.29 is 17.9 Å². The maximum atomic E-state index is 13.9. The van der Waals surface area contributed by atoms with Gasteiger partial charge in [0.15, 0.2) is 0 Å². The van der Waals surface area contributed by atoms with Crippen LogP contribution in [-0.4, -0.2) is 111 Å². The number of hydrogen-bond donors (Lipinski definition) is 0. The number of halogens is 3. The van der Waals surface area contributed by atoms with Crippen LogP contribution < -0.4 is 0 Å². The number of benzene rings is 2. The molecule has 1 amide bonds. The molecule has 5 rings (SSSR count). The first kappa shape index (κ1) is 33.3. The first-order valence-corrected chi connectivity index (χ1v) is 15.6. The summed E-state index contributed by atoms with van der Waals surface area (Å²) in [6.07, 6.45) is 4.80. The van der Waals surface area contributed by atoms with Crippen LogP contribution in [0.3, 0.4) is 0 Å². The molecule has 1 unspecified atom stereocenters. The van der Waals surface area contributed by atoms with Gasteiger partial charge in [0, 0.05) is 50.2 Å². The standard InChI is InChI=1S/C28H39ClN4O4S.2ClH/c1-30-14-11-23(12-15-30)31-16-18-32(19-17-31)27(34)21-37-20-24-7-4-5-13-33(24)38(35,36)28-25-8-3-2-6-22(25)9-10-26(28)29;;/h2-3,6,8-10,23-24H,4-5,7,11-21H2,1H3;2*1H. The molecule has 0 aromatic heterocycles. The zero-order valence-corrected chi connectivity index (χ0v) is 26.2. The van der Waals surface area contributed by atoms with E-state index < -0.39 is 10.0 Å². The molecule has 3 aliphatic heterocycles. The lowest BCUT2D eigenvalue weighted by molar-refractivity contribution is -0.138. The third-order valence-electron chi connectivity index (χ3n) is 8.38. The molecule has 224 valence electrons. The fourth-order valence-electron chi connectivity index (χ4n) is 6.12. The summed E-state index contributed by atoms with van der Waals surface area (Å²) in [4.78, 5) is 19.8. The molecule has 0 spiro atoms. The Bertz CT molecular complexity index is 1240. The normalized spacial score (nSPS) is 22.1. The predicted molar refractivity (Wildman–Crippen MR) is 164 cm³/mol.